The SMILES string of the molecule is O=C(O)[C@H](O)[C@@H](CC1CCC1)[N+](=O)[O-]. The highest BCUT2D eigenvalue weighted by Crippen LogP contribution is 2.31. The van der Waals surface area contributed by atoms with Crippen LogP contribution in [-0.4, -0.2) is 33.3 Å². The minimum absolute atomic E-state index is 0.167. The molecule has 0 aromatic carbocycles. The highest BCUT2D eigenvalue weighted by Gasteiger charge is 2.38. The maximum Gasteiger partial charge on any atom is 0.339 e. The maximum absolute atomic E-state index is 10.5. The van der Waals surface area contributed by atoms with E-state index in [0.29, 0.717) is 0 Å². The third kappa shape index (κ3) is 2.41. The van der Waals surface area contributed by atoms with Crippen LogP contribution < -0.4 is 0 Å². The average Bonchev–Trinajstić information content (AvgIpc) is 2.00. The summed E-state index contributed by atoms with van der Waals surface area (Å²) in [5, 5.41) is 28.0. The van der Waals surface area contributed by atoms with Crippen molar-refractivity contribution in [3.8, 4) is 0 Å². The molecule has 0 bridgehead atoms. The number of nitro groups is 1. The molecule has 0 aromatic rings. The Morgan fingerprint density at radius 2 is 2.14 bits per heavy atom. The molecule has 0 aromatic heterocycles. The van der Waals surface area contributed by atoms with Crippen molar-refractivity contribution in [1.29, 1.82) is 0 Å². The van der Waals surface area contributed by atoms with Crippen LogP contribution in [0.4, 0.5) is 0 Å². The van der Waals surface area contributed by atoms with Gasteiger partial charge in [0.15, 0.2) is 0 Å². The number of carboxylic acid groups (broad SMARTS) is 1. The molecule has 1 aliphatic carbocycles. The lowest BCUT2D eigenvalue weighted by Crippen LogP contribution is -2.41. The Kier molecular flexibility index (Phi) is 3.40. The zero-order chi connectivity index (χ0) is 10.7. The van der Waals surface area contributed by atoms with E-state index < -0.39 is 23.0 Å². The topological polar surface area (TPSA) is 101 Å². The van der Waals surface area contributed by atoms with Crippen LogP contribution in [0.1, 0.15) is 25.7 Å². The van der Waals surface area contributed by atoms with Crippen LogP contribution in [-0.2, 0) is 4.79 Å². The molecule has 1 rings (SSSR count). The van der Waals surface area contributed by atoms with Crippen molar-refractivity contribution in [3.63, 3.8) is 0 Å². The predicted octanol–water partition coefficient (Wildman–Crippen LogP) is 0.267. The number of nitrogens with zero attached hydrogens (tertiary/aromatic N) is 1. The third-order valence-corrected chi connectivity index (χ3v) is 2.69. The molecule has 0 saturated heterocycles. The van der Waals surface area contributed by atoms with E-state index >= 15 is 0 Å². The molecule has 0 amide bonds. The summed E-state index contributed by atoms with van der Waals surface area (Å²) >= 11 is 0. The van der Waals surface area contributed by atoms with Crippen LogP contribution in [0.25, 0.3) is 0 Å². The summed E-state index contributed by atoms with van der Waals surface area (Å²) in [6.07, 6.45) is 1.12. The van der Waals surface area contributed by atoms with Crippen LogP contribution in [0.2, 0.25) is 0 Å². The first-order valence-corrected chi connectivity index (χ1v) is 4.56. The normalized spacial score (nSPS) is 20.9. The lowest BCUT2D eigenvalue weighted by molar-refractivity contribution is -0.534. The smallest absolute Gasteiger partial charge is 0.339 e. The fourth-order valence-electron chi connectivity index (χ4n) is 1.56. The van der Waals surface area contributed by atoms with Crippen LogP contribution in [0.3, 0.4) is 0 Å². The molecule has 6 nitrogen and oxygen atoms in total. The summed E-state index contributed by atoms with van der Waals surface area (Å²) in [7, 11) is 0. The lowest BCUT2D eigenvalue weighted by atomic mass is 9.80. The quantitative estimate of drug-likeness (QED) is 0.493. The van der Waals surface area contributed by atoms with E-state index in [2.05, 4.69) is 0 Å². The number of carbonyl (C=O) groups is 1. The summed E-state index contributed by atoms with van der Waals surface area (Å²) in [5.41, 5.74) is 0. The van der Waals surface area contributed by atoms with Gasteiger partial charge in [-0.1, -0.05) is 19.3 Å². The summed E-state index contributed by atoms with van der Waals surface area (Å²) in [6.45, 7) is 0. The molecule has 1 fully saturated rings. The fraction of sp³-hybridized carbons (Fsp3) is 0.875. The number of hydrogen-bond acceptors (Lipinski definition) is 4. The molecule has 80 valence electrons. The highest BCUT2D eigenvalue weighted by molar-refractivity contribution is 5.72. The molecule has 0 unspecified atom stereocenters. The Bertz CT molecular complexity index is 238. The first-order valence-electron chi connectivity index (χ1n) is 4.56. The Labute approximate surface area is 80.7 Å². The largest absolute Gasteiger partial charge is 0.479 e. The second-order valence-electron chi connectivity index (χ2n) is 3.67. The number of aliphatic carboxylic acids is 1. The Morgan fingerprint density at radius 1 is 1.57 bits per heavy atom. The number of aliphatic hydroxyl groups is 1. The van der Waals surface area contributed by atoms with Crippen molar-refractivity contribution in [2.45, 2.75) is 37.8 Å². The first-order chi connectivity index (χ1) is 6.52. The third-order valence-electron chi connectivity index (χ3n) is 2.69. The number of carboxylic acids is 1. The second-order valence-corrected chi connectivity index (χ2v) is 3.67. The van der Waals surface area contributed by atoms with Crippen molar-refractivity contribution in [3.05, 3.63) is 10.1 Å². The predicted molar refractivity (Wildman–Crippen MR) is 46.4 cm³/mol. The van der Waals surface area contributed by atoms with Gasteiger partial charge < -0.3 is 10.2 Å². The van der Waals surface area contributed by atoms with Gasteiger partial charge in [0, 0.05) is 11.3 Å². The summed E-state index contributed by atoms with van der Waals surface area (Å²) in [4.78, 5) is 20.2. The highest BCUT2D eigenvalue weighted by atomic mass is 16.6. The Hall–Kier alpha value is -1.17. The maximum atomic E-state index is 10.5. The van der Waals surface area contributed by atoms with Gasteiger partial charge in [-0.2, -0.15) is 0 Å². The molecular weight excluding hydrogens is 190 g/mol. The van der Waals surface area contributed by atoms with E-state index in [0.717, 1.165) is 19.3 Å². The van der Waals surface area contributed by atoms with Gasteiger partial charge in [0.05, 0.1) is 0 Å². The van der Waals surface area contributed by atoms with Crippen molar-refractivity contribution < 1.29 is 19.9 Å². The molecule has 14 heavy (non-hydrogen) atoms. The van der Waals surface area contributed by atoms with Crippen LogP contribution in [0.15, 0.2) is 0 Å². The van der Waals surface area contributed by atoms with E-state index in [-0.39, 0.29) is 12.3 Å². The van der Waals surface area contributed by atoms with Gasteiger partial charge in [-0.3, -0.25) is 10.1 Å². The number of rotatable bonds is 5. The van der Waals surface area contributed by atoms with E-state index in [1.165, 1.54) is 0 Å². The molecule has 2 N–H and O–H groups in total. The van der Waals surface area contributed by atoms with Gasteiger partial charge in [0.25, 0.3) is 0 Å². The summed E-state index contributed by atoms with van der Waals surface area (Å²) in [6, 6.07) is -1.36. The number of aliphatic hydroxyl groups excluding tert-OH is 1. The molecule has 0 aliphatic heterocycles. The van der Waals surface area contributed by atoms with Gasteiger partial charge in [0.1, 0.15) is 0 Å². The molecule has 1 saturated carbocycles. The minimum Gasteiger partial charge on any atom is -0.479 e. The van der Waals surface area contributed by atoms with E-state index in [9.17, 15) is 14.9 Å². The average molecular weight is 203 g/mol. The van der Waals surface area contributed by atoms with Gasteiger partial charge >= 0.3 is 5.97 Å². The van der Waals surface area contributed by atoms with Crippen molar-refractivity contribution >= 4 is 5.97 Å². The molecule has 0 spiro atoms. The van der Waals surface area contributed by atoms with Crippen molar-refractivity contribution in [2.24, 2.45) is 5.92 Å². The van der Waals surface area contributed by atoms with Crippen LogP contribution in [0, 0.1) is 16.0 Å². The first kappa shape index (κ1) is 10.9. The van der Waals surface area contributed by atoms with Gasteiger partial charge in [-0.05, 0) is 5.92 Å². The molecular formula is C8H13NO5. The van der Waals surface area contributed by atoms with E-state index in [4.69, 9.17) is 10.2 Å². The molecule has 1 aliphatic rings. The zero-order valence-electron chi connectivity index (χ0n) is 7.63. The van der Waals surface area contributed by atoms with Gasteiger partial charge in [-0.15, -0.1) is 0 Å². The van der Waals surface area contributed by atoms with Gasteiger partial charge in [0.2, 0.25) is 12.1 Å². The monoisotopic (exact) mass is 203 g/mol. The van der Waals surface area contributed by atoms with Crippen molar-refractivity contribution in [1.82, 2.24) is 0 Å². The van der Waals surface area contributed by atoms with E-state index in [1.54, 1.807) is 0 Å². The molecule has 6 heteroatoms. The van der Waals surface area contributed by atoms with Crippen molar-refractivity contribution in [2.75, 3.05) is 0 Å². The Balaban J connectivity index is 2.53. The minimum atomic E-state index is -1.88. The molecule has 0 heterocycles. The molecule has 2 atom stereocenters. The summed E-state index contributed by atoms with van der Waals surface area (Å²) < 4.78 is 0. The zero-order valence-corrected chi connectivity index (χ0v) is 7.63. The summed E-state index contributed by atoms with van der Waals surface area (Å²) in [5.74, 6) is -1.31. The molecule has 0 radical (unpaired) electrons. The number of hydrogen-bond donors (Lipinski definition) is 2. The standard InChI is InChI=1S/C8H13NO5/c10-7(8(11)12)6(9(13)14)4-5-2-1-3-5/h5-7,10H,1-4H2,(H,11,12)/t6-,7-/m1/s1. The Morgan fingerprint density at radius 3 is 2.43 bits per heavy atom. The second kappa shape index (κ2) is 4.36. The van der Waals surface area contributed by atoms with Crippen LogP contribution in [0.5, 0.6) is 0 Å². The van der Waals surface area contributed by atoms with E-state index in [1.807, 2.05) is 0 Å². The fourth-order valence-corrected chi connectivity index (χ4v) is 1.56. The van der Waals surface area contributed by atoms with Crippen LogP contribution >= 0.6 is 0 Å². The lowest BCUT2D eigenvalue weighted by Gasteiger charge is -2.26. The van der Waals surface area contributed by atoms with Gasteiger partial charge in [-0.25, -0.2) is 4.79 Å².